The largest absolute Gasteiger partial charge is 0.508 e. The zero-order chi connectivity index (χ0) is 24.3. The summed E-state index contributed by atoms with van der Waals surface area (Å²) in [4.78, 5) is 37.8. The van der Waals surface area contributed by atoms with Gasteiger partial charge in [0.1, 0.15) is 22.8 Å². The molecule has 3 aliphatic rings. The second-order valence-electron chi connectivity index (χ2n) is 8.34. The van der Waals surface area contributed by atoms with Crippen LogP contribution in [0.5, 0.6) is 5.75 Å². The smallest absolute Gasteiger partial charge is 0.255 e. The third kappa shape index (κ3) is 2.74. The first-order valence-electron chi connectivity index (χ1n) is 10.4. The van der Waals surface area contributed by atoms with E-state index < -0.39 is 69.1 Å². The number of Topliss-reactive ketones (excluding diaryl/α,β-unsaturated/α-hetero) is 2. The van der Waals surface area contributed by atoms with Crippen LogP contribution in [0.2, 0.25) is 0 Å². The number of nitrogens with two attached hydrogens (primary N) is 1. The molecule has 7 N–H and O–H groups in total. The Balaban J connectivity index is 0.00000141. The fourth-order valence-electron chi connectivity index (χ4n) is 5.20. The number of ketones is 2. The number of carbonyl (C=O) groups is 3. The van der Waals surface area contributed by atoms with Gasteiger partial charge in [-0.2, -0.15) is 0 Å². The van der Waals surface area contributed by atoms with Gasteiger partial charge in [0.2, 0.25) is 5.78 Å². The first kappa shape index (κ1) is 23.5. The normalized spacial score (nSPS) is 33.6. The first-order valence-corrected chi connectivity index (χ1v) is 10.4. The second kappa shape index (κ2) is 7.46. The van der Waals surface area contributed by atoms with E-state index in [0.717, 1.165) is 0 Å². The monoisotopic (exact) mass is 445 g/mol. The van der Waals surface area contributed by atoms with Crippen molar-refractivity contribution in [2.75, 3.05) is 0 Å². The number of aliphatic hydroxyl groups is 4. The average molecular weight is 445 g/mol. The summed E-state index contributed by atoms with van der Waals surface area (Å²) in [6, 6.07) is 4.23. The van der Waals surface area contributed by atoms with Gasteiger partial charge in [0.15, 0.2) is 11.4 Å². The summed E-state index contributed by atoms with van der Waals surface area (Å²) in [5.41, 5.74) is -0.480. The molecule has 0 spiro atoms. The van der Waals surface area contributed by atoms with Gasteiger partial charge in [0, 0.05) is 23.3 Å². The van der Waals surface area contributed by atoms with E-state index in [0.29, 0.717) is 0 Å². The van der Waals surface area contributed by atoms with Gasteiger partial charge in [-0.25, -0.2) is 0 Å². The van der Waals surface area contributed by atoms with E-state index in [-0.39, 0.29) is 23.3 Å². The molecular weight excluding hydrogens is 418 g/mol. The Labute approximate surface area is 184 Å². The molecule has 1 aromatic rings. The predicted octanol–water partition coefficient (Wildman–Crippen LogP) is 1.36. The fourth-order valence-corrected chi connectivity index (χ4v) is 5.20. The lowest BCUT2D eigenvalue weighted by Gasteiger charge is -2.51. The molecule has 9 heteroatoms. The van der Waals surface area contributed by atoms with Gasteiger partial charge >= 0.3 is 0 Å². The maximum absolute atomic E-state index is 13.4. The Bertz CT molecular complexity index is 1100. The number of carbonyl (C=O) groups excluding carboxylic acids is 3. The highest BCUT2D eigenvalue weighted by Gasteiger charge is 2.65. The summed E-state index contributed by atoms with van der Waals surface area (Å²) in [5, 5.41) is 54.2. The third-order valence-electron chi connectivity index (χ3n) is 6.83. The van der Waals surface area contributed by atoms with Crippen LogP contribution in [0.25, 0.3) is 5.76 Å². The zero-order valence-corrected chi connectivity index (χ0v) is 18.2. The molecule has 0 saturated heterocycles. The molecule has 1 saturated carbocycles. The number of primary amides is 1. The van der Waals surface area contributed by atoms with E-state index in [1.807, 2.05) is 13.8 Å². The molecule has 9 nitrogen and oxygen atoms in total. The van der Waals surface area contributed by atoms with Crippen molar-refractivity contribution in [3.63, 3.8) is 0 Å². The van der Waals surface area contributed by atoms with E-state index in [2.05, 4.69) is 0 Å². The minimum Gasteiger partial charge on any atom is -0.508 e. The van der Waals surface area contributed by atoms with Crippen molar-refractivity contribution < 1.29 is 39.9 Å². The molecule has 32 heavy (non-hydrogen) atoms. The third-order valence-corrected chi connectivity index (χ3v) is 6.83. The molecule has 0 radical (unpaired) electrons. The van der Waals surface area contributed by atoms with E-state index in [1.165, 1.54) is 32.0 Å². The number of rotatable bonds is 1. The van der Waals surface area contributed by atoms with E-state index in [1.54, 1.807) is 0 Å². The molecule has 172 valence electrons. The number of benzene rings is 1. The minimum atomic E-state index is -2.69. The van der Waals surface area contributed by atoms with Crippen LogP contribution in [-0.4, -0.2) is 48.6 Å². The Kier molecular flexibility index (Phi) is 5.47. The molecule has 0 aromatic heterocycles. The summed E-state index contributed by atoms with van der Waals surface area (Å²) < 4.78 is 0. The lowest BCUT2D eigenvalue weighted by atomic mass is 9.53. The fraction of sp³-hybridized carbons (Fsp3) is 0.435. The number of hydrogen-bond acceptors (Lipinski definition) is 8. The van der Waals surface area contributed by atoms with E-state index in [4.69, 9.17) is 5.73 Å². The van der Waals surface area contributed by atoms with Crippen molar-refractivity contribution in [1.82, 2.24) is 0 Å². The number of hydrogen-bond donors (Lipinski definition) is 6. The molecule has 0 heterocycles. The minimum absolute atomic E-state index is 0.160. The van der Waals surface area contributed by atoms with Crippen LogP contribution in [0.15, 0.2) is 35.1 Å². The van der Waals surface area contributed by atoms with Gasteiger partial charge in [-0.15, -0.1) is 0 Å². The molecule has 5 atom stereocenters. The predicted molar refractivity (Wildman–Crippen MR) is 113 cm³/mol. The zero-order valence-electron chi connectivity index (χ0n) is 18.2. The van der Waals surface area contributed by atoms with Crippen molar-refractivity contribution >= 4 is 23.2 Å². The van der Waals surface area contributed by atoms with Crippen molar-refractivity contribution in [3.8, 4) is 5.75 Å². The summed E-state index contributed by atoms with van der Waals surface area (Å²) >= 11 is 0. The highest BCUT2D eigenvalue weighted by molar-refractivity contribution is 6.23. The number of aromatic hydroxyl groups is 1. The summed E-state index contributed by atoms with van der Waals surface area (Å²) in [5.74, 6) is -8.73. The van der Waals surface area contributed by atoms with Crippen LogP contribution >= 0.6 is 0 Å². The van der Waals surface area contributed by atoms with Crippen molar-refractivity contribution in [1.29, 1.82) is 0 Å². The standard InChI is InChI=1S/C21H21NO8.C2H6/c1-7-9-6-10-13(16(25)12-8(20(10,2)29)4-3-5-11(12)23)17(26)21(9,30)18(27)14(15(7)24)19(22)28;1-2/h3-5,7,9-10,23,25,27,29-30H,6H2,1-2H3,(H2,22,28);1-2H3/t7-,9-,10-,20+,21-;/m0./s1. The van der Waals surface area contributed by atoms with Crippen molar-refractivity contribution in [2.24, 2.45) is 23.5 Å². The topological polar surface area (TPSA) is 178 Å². The summed E-state index contributed by atoms with van der Waals surface area (Å²) in [6.45, 7) is 6.80. The number of amides is 1. The van der Waals surface area contributed by atoms with Gasteiger partial charge in [0.25, 0.3) is 5.91 Å². The Morgan fingerprint density at radius 1 is 1.12 bits per heavy atom. The number of phenolic OH excluding ortho intramolecular Hbond substituents is 1. The maximum Gasteiger partial charge on any atom is 0.255 e. The molecule has 1 fully saturated rings. The van der Waals surface area contributed by atoms with Crippen LogP contribution in [0, 0.1) is 17.8 Å². The maximum atomic E-state index is 13.4. The molecule has 0 bridgehead atoms. The average Bonchev–Trinajstić information content (AvgIpc) is 2.73. The molecule has 1 amide bonds. The molecular formula is C23H27NO8. The summed E-state index contributed by atoms with van der Waals surface area (Å²) in [7, 11) is 0. The van der Waals surface area contributed by atoms with Gasteiger partial charge < -0.3 is 31.3 Å². The number of phenols is 1. The first-order chi connectivity index (χ1) is 14.9. The SMILES string of the molecule is CC.C[C@@H]1C(=O)C(C(N)=O)=C(O)[C@@]2(O)C(=O)C3=C(O)c4c(O)cccc4[C@@](C)(O)[C@H]3C[C@@H]12. The second-order valence-corrected chi connectivity index (χ2v) is 8.34. The van der Waals surface area contributed by atoms with Gasteiger partial charge in [-0.3, -0.25) is 14.4 Å². The van der Waals surface area contributed by atoms with Crippen molar-refractivity contribution in [3.05, 3.63) is 46.2 Å². The molecule has 1 aromatic carbocycles. The molecule has 4 rings (SSSR count). The van der Waals surface area contributed by atoms with E-state index >= 15 is 0 Å². The molecule has 0 aliphatic heterocycles. The lowest BCUT2D eigenvalue weighted by molar-refractivity contribution is -0.157. The van der Waals surface area contributed by atoms with Crippen LogP contribution < -0.4 is 5.73 Å². The Morgan fingerprint density at radius 3 is 2.28 bits per heavy atom. The van der Waals surface area contributed by atoms with Crippen LogP contribution in [0.3, 0.4) is 0 Å². The van der Waals surface area contributed by atoms with Crippen LogP contribution in [0.1, 0.15) is 45.2 Å². The summed E-state index contributed by atoms with van der Waals surface area (Å²) in [6.07, 6.45) is -0.160. The molecule has 3 aliphatic carbocycles. The van der Waals surface area contributed by atoms with Gasteiger partial charge in [0.05, 0.1) is 11.2 Å². The van der Waals surface area contributed by atoms with Crippen LogP contribution in [0.4, 0.5) is 0 Å². The highest BCUT2D eigenvalue weighted by atomic mass is 16.3. The number of aliphatic hydroxyl groups excluding tert-OH is 2. The van der Waals surface area contributed by atoms with E-state index in [9.17, 15) is 39.9 Å². The highest BCUT2D eigenvalue weighted by Crippen LogP contribution is 2.57. The van der Waals surface area contributed by atoms with Crippen LogP contribution in [-0.2, 0) is 20.0 Å². The molecule has 0 unspecified atom stereocenters. The Hall–Kier alpha value is -3.17. The lowest BCUT2D eigenvalue weighted by Crippen LogP contribution is -2.62. The van der Waals surface area contributed by atoms with Gasteiger partial charge in [-0.05, 0) is 25.0 Å². The van der Waals surface area contributed by atoms with Crippen molar-refractivity contribution in [2.45, 2.75) is 45.3 Å². The van der Waals surface area contributed by atoms with Gasteiger partial charge in [-0.1, -0.05) is 32.9 Å². The Morgan fingerprint density at radius 2 is 1.72 bits per heavy atom. The quantitative estimate of drug-likeness (QED) is 0.351. The number of fused-ring (bicyclic) bond motifs is 3.